The Labute approximate surface area is 143 Å². The zero-order valence-corrected chi connectivity index (χ0v) is 14.1. The van der Waals surface area contributed by atoms with Crippen molar-refractivity contribution >= 4 is 17.7 Å². The number of nitrogens with zero attached hydrogens (tertiary/aromatic N) is 3. The minimum Gasteiger partial charge on any atom is -0.376 e. The Balaban J connectivity index is 1.93. The van der Waals surface area contributed by atoms with Gasteiger partial charge in [-0.3, -0.25) is 9.36 Å². The van der Waals surface area contributed by atoms with E-state index in [1.165, 1.54) is 23.9 Å². The molecule has 1 aromatic heterocycles. The summed E-state index contributed by atoms with van der Waals surface area (Å²) in [7, 11) is 0. The van der Waals surface area contributed by atoms with Crippen molar-refractivity contribution in [3.05, 3.63) is 30.1 Å². The molecule has 3 rings (SSSR count). The molecule has 2 atom stereocenters. The lowest BCUT2D eigenvalue weighted by Crippen LogP contribution is -2.23. The minimum atomic E-state index is -0.418. The van der Waals surface area contributed by atoms with Crippen molar-refractivity contribution in [3.8, 4) is 11.4 Å². The van der Waals surface area contributed by atoms with E-state index >= 15 is 0 Å². The fraction of sp³-hybridized carbons (Fsp3) is 0.438. The van der Waals surface area contributed by atoms with Gasteiger partial charge in [0, 0.05) is 12.2 Å². The first-order valence-electron chi connectivity index (χ1n) is 7.81. The molecule has 0 bridgehead atoms. The molecule has 2 heterocycles. The Morgan fingerprint density at radius 2 is 2.21 bits per heavy atom. The quantitative estimate of drug-likeness (QED) is 0.808. The van der Waals surface area contributed by atoms with Gasteiger partial charge in [-0.1, -0.05) is 11.8 Å². The molecule has 128 valence electrons. The van der Waals surface area contributed by atoms with Crippen LogP contribution in [-0.2, 0) is 16.1 Å². The summed E-state index contributed by atoms with van der Waals surface area (Å²) in [6.45, 7) is 3.07. The van der Waals surface area contributed by atoms with E-state index < -0.39 is 11.2 Å². The lowest BCUT2D eigenvalue weighted by atomic mass is 10.2. The molecule has 2 unspecified atom stereocenters. The molecule has 0 spiro atoms. The van der Waals surface area contributed by atoms with Crippen molar-refractivity contribution in [2.24, 2.45) is 5.73 Å². The summed E-state index contributed by atoms with van der Waals surface area (Å²) in [5, 5.41) is 8.62. The first-order chi connectivity index (χ1) is 11.5. The summed E-state index contributed by atoms with van der Waals surface area (Å²) in [5.41, 5.74) is 6.11. The SMILES string of the molecule is CC(Sc1nnc(-c2ccc(F)cc2)n1CC1CCCO1)C(N)=O. The molecule has 8 heteroatoms. The van der Waals surface area contributed by atoms with Gasteiger partial charge in [0.05, 0.1) is 17.9 Å². The first-order valence-corrected chi connectivity index (χ1v) is 8.69. The number of carbonyl (C=O) groups excluding carboxylic acids is 1. The molecule has 24 heavy (non-hydrogen) atoms. The average Bonchev–Trinajstić information content (AvgIpc) is 3.19. The maximum absolute atomic E-state index is 13.2. The Kier molecular flexibility index (Phi) is 5.15. The third-order valence-electron chi connectivity index (χ3n) is 3.91. The molecule has 1 aliphatic heterocycles. The third-order valence-corrected chi connectivity index (χ3v) is 5.01. The molecular weight excluding hydrogens is 331 g/mol. The highest BCUT2D eigenvalue weighted by Gasteiger charge is 2.23. The predicted octanol–water partition coefficient (Wildman–Crippen LogP) is 2.23. The van der Waals surface area contributed by atoms with Crippen molar-refractivity contribution in [1.82, 2.24) is 14.8 Å². The van der Waals surface area contributed by atoms with Crippen LogP contribution in [0.3, 0.4) is 0 Å². The van der Waals surface area contributed by atoms with Crippen LogP contribution in [0.4, 0.5) is 4.39 Å². The van der Waals surface area contributed by atoms with Gasteiger partial charge in [-0.25, -0.2) is 4.39 Å². The summed E-state index contributed by atoms with van der Waals surface area (Å²) in [6.07, 6.45) is 2.08. The van der Waals surface area contributed by atoms with Crippen LogP contribution in [0.15, 0.2) is 29.4 Å². The van der Waals surface area contributed by atoms with Crippen LogP contribution in [0.2, 0.25) is 0 Å². The Bertz CT molecular complexity index is 713. The third kappa shape index (κ3) is 3.76. The largest absolute Gasteiger partial charge is 0.376 e. The number of halogens is 1. The second kappa shape index (κ2) is 7.31. The van der Waals surface area contributed by atoms with Crippen molar-refractivity contribution in [2.75, 3.05) is 6.61 Å². The van der Waals surface area contributed by atoms with Gasteiger partial charge in [-0.15, -0.1) is 10.2 Å². The number of aromatic nitrogens is 3. The van der Waals surface area contributed by atoms with Crippen LogP contribution < -0.4 is 5.73 Å². The van der Waals surface area contributed by atoms with E-state index in [9.17, 15) is 9.18 Å². The molecule has 0 aliphatic carbocycles. The summed E-state index contributed by atoms with van der Waals surface area (Å²) >= 11 is 1.27. The van der Waals surface area contributed by atoms with E-state index in [0.717, 1.165) is 25.0 Å². The summed E-state index contributed by atoms with van der Waals surface area (Å²) in [5.74, 6) is -0.0828. The molecular formula is C16H19FN4O2S. The number of hydrogen-bond acceptors (Lipinski definition) is 5. The molecule has 1 amide bonds. The topological polar surface area (TPSA) is 83.0 Å². The molecule has 1 aromatic carbocycles. The van der Waals surface area contributed by atoms with Crippen LogP contribution in [0, 0.1) is 5.82 Å². The second-order valence-corrected chi connectivity index (χ2v) is 7.03. The predicted molar refractivity (Wildman–Crippen MR) is 88.9 cm³/mol. The van der Waals surface area contributed by atoms with E-state index in [0.29, 0.717) is 17.5 Å². The monoisotopic (exact) mass is 350 g/mol. The molecule has 0 saturated carbocycles. The summed E-state index contributed by atoms with van der Waals surface area (Å²) < 4.78 is 20.8. The van der Waals surface area contributed by atoms with Crippen LogP contribution >= 0.6 is 11.8 Å². The lowest BCUT2D eigenvalue weighted by molar-refractivity contribution is -0.117. The lowest BCUT2D eigenvalue weighted by Gasteiger charge is -2.15. The minimum absolute atomic E-state index is 0.0865. The highest BCUT2D eigenvalue weighted by atomic mass is 32.2. The zero-order valence-electron chi connectivity index (χ0n) is 13.3. The smallest absolute Gasteiger partial charge is 0.230 e. The highest BCUT2D eigenvalue weighted by molar-refractivity contribution is 8.00. The maximum Gasteiger partial charge on any atom is 0.230 e. The van der Waals surface area contributed by atoms with Crippen molar-refractivity contribution in [3.63, 3.8) is 0 Å². The fourth-order valence-corrected chi connectivity index (χ4v) is 3.37. The molecule has 1 aliphatic rings. The number of benzene rings is 1. The van der Waals surface area contributed by atoms with Gasteiger partial charge in [0.1, 0.15) is 5.82 Å². The maximum atomic E-state index is 13.2. The van der Waals surface area contributed by atoms with E-state index in [1.807, 2.05) is 4.57 Å². The molecule has 1 saturated heterocycles. The Morgan fingerprint density at radius 3 is 2.83 bits per heavy atom. The second-order valence-electron chi connectivity index (χ2n) is 5.72. The number of rotatable bonds is 6. The number of hydrogen-bond donors (Lipinski definition) is 1. The van der Waals surface area contributed by atoms with E-state index in [4.69, 9.17) is 10.5 Å². The average molecular weight is 350 g/mol. The number of nitrogens with two attached hydrogens (primary N) is 1. The number of thioether (sulfide) groups is 1. The standard InChI is InChI=1S/C16H19FN4O2S/c1-10(14(18)22)24-16-20-19-15(11-4-6-12(17)7-5-11)21(16)9-13-3-2-8-23-13/h4-7,10,13H,2-3,8-9H2,1H3,(H2,18,22). The van der Waals surface area contributed by atoms with Gasteiger partial charge in [0.25, 0.3) is 0 Å². The van der Waals surface area contributed by atoms with Gasteiger partial charge in [0.2, 0.25) is 5.91 Å². The Morgan fingerprint density at radius 1 is 1.46 bits per heavy atom. The van der Waals surface area contributed by atoms with Gasteiger partial charge in [-0.05, 0) is 44.0 Å². The van der Waals surface area contributed by atoms with Crippen molar-refractivity contribution in [1.29, 1.82) is 0 Å². The summed E-state index contributed by atoms with van der Waals surface area (Å²) in [6, 6.07) is 6.10. The number of carbonyl (C=O) groups is 1. The van der Waals surface area contributed by atoms with E-state index in [2.05, 4.69) is 10.2 Å². The van der Waals surface area contributed by atoms with Crippen LogP contribution in [0.5, 0.6) is 0 Å². The number of ether oxygens (including phenoxy) is 1. The first kappa shape index (κ1) is 16.9. The van der Waals surface area contributed by atoms with Gasteiger partial charge in [0.15, 0.2) is 11.0 Å². The highest BCUT2D eigenvalue weighted by Crippen LogP contribution is 2.28. The molecule has 0 radical (unpaired) electrons. The number of amides is 1. The fourth-order valence-electron chi connectivity index (χ4n) is 2.56. The molecule has 6 nitrogen and oxygen atoms in total. The van der Waals surface area contributed by atoms with Gasteiger partial charge in [-0.2, -0.15) is 0 Å². The Hall–Kier alpha value is -1.93. The number of primary amides is 1. The molecule has 2 aromatic rings. The van der Waals surface area contributed by atoms with Crippen LogP contribution in [0.1, 0.15) is 19.8 Å². The van der Waals surface area contributed by atoms with E-state index in [1.54, 1.807) is 19.1 Å². The van der Waals surface area contributed by atoms with Crippen molar-refractivity contribution < 1.29 is 13.9 Å². The van der Waals surface area contributed by atoms with Crippen LogP contribution in [-0.4, -0.2) is 38.6 Å². The zero-order chi connectivity index (χ0) is 17.1. The molecule has 2 N–H and O–H groups in total. The van der Waals surface area contributed by atoms with Crippen molar-refractivity contribution in [2.45, 2.75) is 42.8 Å². The normalized spacial score (nSPS) is 18.7. The van der Waals surface area contributed by atoms with Gasteiger partial charge < -0.3 is 10.5 Å². The van der Waals surface area contributed by atoms with E-state index in [-0.39, 0.29) is 11.9 Å². The summed E-state index contributed by atoms with van der Waals surface area (Å²) in [4.78, 5) is 11.4. The molecule has 1 fully saturated rings. The van der Waals surface area contributed by atoms with Gasteiger partial charge >= 0.3 is 0 Å². The van der Waals surface area contributed by atoms with Crippen LogP contribution in [0.25, 0.3) is 11.4 Å².